The second-order valence-electron chi connectivity index (χ2n) is 4.58. The molecule has 0 spiro atoms. The lowest BCUT2D eigenvalue weighted by Gasteiger charge is -2.06. The predicted molar refractivity (Wildman–Crippen MR) is 71.9 cm³/mol. The molecular weight excluding hydrogens is 232 g/mol. The maximum absolute atomic E-state index is 5.85. The summed E-state index contributed by atoms with van der Waals surface area (Å²) in [7, 11) is 0. The Morgan fingerprint density at radius 3 is 2.59 bits per heavy atom. The second-order valence-corrected chi connectivity index (χ2v) is 4.85. The minimum Gasteiger partial charge on any atom is -0.241 e. The SMILES string of the molecule is Cc1cc(-n2ccc(C(C)C)n2)ccc1CCl. The summed E-state index contributed by atoms with van der Waals surface area (Å²) in [4.78, 5) is 0. The van der Waals surface area contributed by atoms with Gasteiger partial charge in [-0.15, -0.1) is 11.6 Å². The molecule has 2 aromatic rings. The number of nitrogens with zero attached hydrogens (tertiary/aromatic N) is 2. The average Bonchev–Trinajstić information content (AvgIpc) is 2.78. The number of aromatic nitrogens is 2. The van der Waals surface area contributed by atoms with Crippen molar-refractivity contribution in [3.63, 3.8) is 0 Å². The lowest BCUT2D eigenvalue weighted by atomic mass is 10.1. The van der Waals surface area contributed by atoms with Gasteiger partial charge in [-0.05, 0) is 42.2 Å². The minimum atomic E-state index is 0.458. The maximum atomic E-state index is 5.85. The van der Waals surface area contributed by atoms with Crippen LogP contribution < -0.4 is 0 Å². The van der Waals surface area contributed by atoms with E-state index in [9.17, 15) is 0 Å². The van der Waals surface area contributed by atoms with E-state index in [-0.39, 0.29) is 0 Å². The molecule has 0 N–H and O–H groups in total. The van der Waals surface area contributed by atoms with Crippen LogP contribution in [0.25, 0.3) is 5.69 Å². The van der Waals surface area contributed by atoms with Gasteiger partial charge in [-0.1, -0.05) is 19.9 Å². The number of alkyl halides is 1. The van der Waals surface area contributed by atoms with Gasteiger partial charge >= 0.3 is 0 Å². The third kappa shape index (κ3) is 2.52. The van der Waals surface area contributed by atoms with Gasteiger partial charge in [0.1, 0.15) is 0 Å². The van der Waals surface area contributed by atoms with Crippen LogP contribution in [0, 0.1) is 6.92 Å². The summed E-state index contributed by atoms with van der Waals surface area (Å²) in [6.07, 6.45) is 2.00. The minimum absolute atomic E-state index is 0.458. The molecule has 90 valence electrons. The third-order valence-corrected chi connectivity index (χ3v) is 3.22. The van der Waals surface area contributed by atoms with Crippen LogP contribution in [0.5, 0.6) is 0 Å². The number of hydrogen-bond acceptors (Lipinski definition) is 1. The van der Waals surface area contributed by atoms with Gasteiger partial charge in [0.2, 0.25) is 0 Å². The van der Waals surface area contributed by atoms with Gasteiger partial charge in [-0.25, -0.2) is 4.68 Å². The van der Waals surface area contributed by atoms with Gasteiger partial charge in [-0.2, -0.15) is 5.10 Å². The highest BCUT2D eigenvalue weighted by Gasteiger charge is 2.05. The fraction of sp³-hybridized carbons (Fsp3) is 0.357. The monoisotopic (exact) mass is 248 g/mol. The summed E-state index contributed by atoms with van der Waals surface area (Å²) in [6, 6.07) is 8.31. The quantitative estimate of drug-likeness (QED) is 0.750. The van der Waals surface area contributed by atoms with Gasteiger partial charge < -0.3 is 0 Å². The molecule has 0 aliphatic rings. The van der Waals surface area contributed by atoms with Crippen LogP contribution in [0.4, 0.5) is 0 Å². The van der Waals surface area contributed by atoms with Gasteiger partial charge in [0.05, 0.1) is 11.4 Å². The Labute approximate surface area is 107 Å². The fourth-order valence-electron chi connectivity index (χ4n) is 1.76. The van der Waals surface area contributed by atoms with Crippen LogP contribution in [0.2, 0.25) is 0 Å². The van der Waals surface area contributed by atoms with E-state index in [1.54, 1.807) is 0 Å². The maximum Gasteiger partial charge on any atom is 0.0654 e. The van der Waals surface area contributed by atoms with Crippen molar-refractivity contribution in [3.05, 3.63) is 47.3 Å². The predicted octanol–water partition coefficient (Wildman–Crippen LogP) is 4.04. The van der Waals surface area contributed by atoms with E-state index in [1.807, 2.05) is 10.9 Å². The largest absolute Gasteiger partial charge is 0.241 e. The van der Waals surface area contributed by atoms with Crippen molar-refractivity contribution in [1.82, 2.24) is 9.78 Å². The van der Waals surface area contributed by atoms with E-state index in [4.69, 9.17) is 11.6 Å². The lowest BCUT2D eigenvalue weighted by molar-refractivity contribution is 0.768. The molecule has 0 unspecified atom stereocenters. The standard InChI is InChI=1S/C14H17ClN2/c1-10(2)14-6-7-17(16-14)13-5-4-12(9-15)11(3)8-13/h4-8,10H,9H2,1-3H3. The highest BCUT2D eigenvalue weighted by molar-refractivity contribution is 6.17. The van der Waals surface area contributed by atoms with Gasteiger partial charge in [0, 0.05) is 12.1 Å². The summed E-state index contributed by atoms with van der Waals surface area (Å²) in [6.45, 7) is 6.37. The van der Waals surface area contributed by atoms with Crippen LogP contribution in [-0.2, 0) is 5.88 Å². The van der Waals surface area contributed by atoms with Gasteiger partial charge in [0.25, 0.3) is 0 Å². The summed E-state index contributed by atoms with van der Waals surface area (Å²) >= 11 is 5.85. The Bertz CT molecular complexity index is 515. The molecule has 0 amide bonds. The molecule has 0 atom stereocenters. The lowest BCUT2D eigenvalue weighted by Crippen LogP contribution is -1.98. The number of aryl methyl sites for hydroxylation is 1. The summed E-state index contributed by atoms with van der Waals surface area (Å²) in [5.41, 5.74) is 4.58. The Kier molecular flexibility index (Phi) is 3.53. The van der Waals surface area contributed by atoms with Crippen LogP contribution in [0.1, 0.15) is 36.6 Å². The zero-order chi connectivity index (χ0) is 12.4. The van der Waals surface area contributed by atoms with Crippen molar-refractivity contribution in [2.45, 2.75) is 32.6 Å². The topological polar surface area (TPSA) is 17.8 Å². The molecular formula is C14H17ClN2. The Hall–Kier alpha value is -1.28. The van der Waals surface area contributed by atoms with Gasteiger partial charge in [0.15, 0.2) is 0 Å². The normalized spacial score (nSPS) is 11.1. The van der Waals surface area contributed by atoms with Crippen molar-refractivity contribution in [2.75, 3.05) is 0 Å². The van der Waals surface area contributed by atoms with Gasteiger partial charge in [-0.3, -0.25) is 0 Å². The molecule has 3 heteroatoms. The third-order valence-electron chi connectivity index (χ3n) is 2.94. The molecule has 1 aromatic carbocycles. The fourth-order valence-corrected chi connectivity index (χ4v) is 2.06. The second kappa shape index (κ2) is 4.92. The molecule has 17 heavy (non-hydrogen) atoms. The smallest absolute Gasteiger partial charge is 0.0654 e. The van der Waals surface area contributed by atoms with E-state index < -0.39 is 0 Å². The summed E-state index contributed by atoms with van der Waals surface area (Å²) < 4.78 is 1.92. The molecule has 1 aromatic heterocycles. The van der Waals surface area contributed by atoms with E-state index in [2.05, 4.69) is 50.1 Å². The van der Waals surface area contributed by atoms with E-state index in [0.29, 0.717) is 11.8 Å². The van der Waals surface area contributed by atoms with Crippen LogP contribution >= 0.6 is 11.6 Å². The summed E-state index contributed by atoms with van der Waals surface area (Å²) in [5.74, 6) is 1.02. The van der Waals surface area contributed by atoms with Crippen LogP contribution in [0.15, 0.2) is 30.5 Å². The first-order valence-electron chi connectivity index (χ1n) is 5.83. The Morgan fingerprint density at radius 2 is 2.06 bits per heavy atom. The summed E-state index contributed by atoms with van der Waals surface area (Å²) in [5, 5.41) is 4.56. The molecule has 0 saturated carbocycles. The molecule has 0 aliphatic carbocycles. The molecule has 2 rings (SSSR count). The van der Waals surface area contributed by atoms with E-state index in [1.165, 1.54) is 11.1 Å². The zero-order valence-corrected chi connectivity index (χ0v) is 11.2. The molecule has 0 fully saturated rings. The Balaban J connectivity index is 2.36. The van der Waals surface area contributed by atoms with Crippen molar-refractivity contribution < 1.29 is 0 Å². The average molecular weight is 249 g/mol. The first-order chi connectivity index (χ1) is 8.11. The van der Waals surface area contributed by atoms with E-state index in [0.717, 1.165) is 11.4 Å². The van der Waals surface area contributed by atoms with Crippen molar-refractivity contribution >= 4 is 11.6 Å². The van der Waals surface area contributed by atoms with E-state index >= 15 is 0 Å². The Morgan fingerprint density at radius 1 is 1.29 bits per heavy atom. The number of rotatable bonds is 3. The first kappa shape index (κ1) is 12.2. The van der Waals surface area contributed by atoms with Crippen LogP contribution in [-0.4, -0.2) is 9.78 Å². The number of benzene rings is 1. The van der Waals surface area contributed by atoms with Crippen molar-refractivity contribution in [3.8, 4) is 5.69 Å². The molecule has 2 nitrogen and oxygen atoms in total. The number of halogens is 1. The number of hydrogen-bond donors (Lipinski definition) is 0. The van der Waals surface area contributed by atoms with Crippen LogP contribution in [0.3, 0.4) is 0 Å². The highest BCUT2D eigenvalue weighted by Crippen LogP contribution is 2.18. The van der Waals surface area contributed by atoms with Crippen molar-refractivity contribution in [1.29, 1.82) is 0 Å². The molecule has 0 aliphatic heterocycles. The molecule has 1 heterocycles. The molecule has 0 saturated heterocycles. The molecule has 0 bridgehead atoms. The molecule has 0 radical (unpaired) electrons. The van der Waals surface area contributed by atoms with Crippen molar-refractivity contribution in [2.24, 2.45) is 0 Å². The first-order valence-corrected chi connectivity index (χ1v) is 6.36. The highest BCUT2D eigenvalue weighted by atomic mass is 35.5. The zero-order valence-electron chi connectivity index (χ0n) is 10.4.